The Morgan fingerprint density at radius 3 is 2.90 bits per heavy atom. The minimum absolute atomic E-state index is 0.280. The molecule has 1 aromatic heterocycles. The number of aromatic nitrogens is 1. The highest BCUT2D eigenvalue weighted by Gasteiger charge is 2.18. The average Bonchev–Trinajstić information content (AvgIpc) is 2.56. The van der Waals surface area contributed by atoms with Gasteiger partial charge in [0.25, 0.3) is 0 Å². The molecule has 3 heteroatoms. The van der Waals surface area contributed by atoms with E-state index in [2.05, 4.69) is 40.6 Å². The summed E-state index contributed by atoms with van der Waals surface area (Å²) in [5.41, 5.74) is 4.03. The summed E-state index contributed by atoms with van der Waals surface area (Å²) >= 11 is 0. The average molecular weight is 275 g/mol. The van der Waals surface area contributed by atoms with Crippen molar-refractivity contribution in [1.29, 1.82) is 5.26 Å². The molecule has 3 rings (SSSR count). The van der Waals surface area contributed by atoms with Gasteiger partial charge in [-0.05, 0) is 42.5 Å². The highest BCUT2D eigenvalue weighted by atomic mass is 14.9. The molecular formula is C18H17N3. The molecule has 0 saturated heterocycles. The second-order valence-corrected chi connectivity index (χ2v) is 5.20. The van der Waals surface area contributed by atoms with Crippen molar-refractivity contribution < 1.29 is 0 Å². The molecule has 0 aliphatic heterocycles. The number of fused-ring (bicyclic) bond motifs is 1. The van der Waals surface area contributed by atoms with Crippen LogP contribution in [0.15, 0.2) is 54.9 Å². The molecular weight excluding hydrogens is 258 g/mol. The topological polar surface area (TPSA) is 48.7 Å². The van der Waals surface area contributed by atoms with E-state index >= 15 is 0 Å². The zero-order chi connectivity index (χ0) is 14.5. The van der Waals surface area contributed by atoms with Crippen LogP contribution in [0.5, 0.6) is 0 Å². The Hall–Kier alpha value is -2.60. The van der Waals surface area contributed by atoms with Crippen LogP contribution in [0.2, 0.25) is 0 Å². The van der Waals surface area contributed by atoms with Crippen molar-refractivity contribution in [1.82, 2.24) is 10.3 Å². The number of nitrogens with one attached hydrogen (secondary N) is 1. The van der Waals surface area contributed by atoms with Gasteiger partial charge in [-0.3, -0.25) is 4.98 Å². The Labute approximate surface area is 125 Å². The normalized spacial score (nSPS) is 17.7. The van der Waals surface area contributed by atoms with Crippen LogP contribution >= 0.6 is 0 Å². The van der Waals surface area contributed by atoms with Crippen LogP contribution < -0.4 is 5.32 Å². The Kier molecular flexibility index (Phi) is 3.97. The second-order valence-electron chi connectivity index (χ2n) is 5.20. The van der Waals surface area contributed by atoms with Gasteiger partial charge in [-0.1, -0.05) is 30.3 Å². The molecule has 1 aliphatic rings. The molecule has 0 spiro atoms. The molecule has 21 heavy (non-hydrogen) atoms. The van der Waals surface area contributed by atoms with Crippen LogP contribution in [-0.2, 0) is 6.42 Å². The van der Waals surface area contributed by atoms with Crippen LogP contribution in [-0.4, -0.2) is 4.98 Å². The van der Waals surface area contributed by atoms with E-state index in [9.17, 15) is 5.26 Å². The number of hydrogen-bond donors (Lipinski definition) is 1. The molecule has 3 nitrogen and oxygen atoms in total. The molecule has 0 unspecified atom stereocenters. The van der Waals surface area contributed by atoms with Gasteiger partial charge in [-0.2, -0.15) is 5.26 Å². The standard InChI is InChI=1S/C18H17N3/c19-12-15(17-9-3-4-11-20-17)13-21-18-10-5-7-14-6-1-2-8-16(14)18/h1-4,6,8-9,11,13,18,21H,5,7,10H2/b15-13+/t18-/m0/s1. The molecule has 2 aromatic rings. The molecule has 1 aromatic carbocycles. The molecule has 1 N–H and O–H groups in total. The van der Waals surface area contributed by atoms with Crippen molar-refractivity contribution in [2.75, 3.05) is 0 Å². The fourth-order valence-electron chi connectivity index (χ4n) is 2.80. The third kappa shape index (κ3) is 2.95. The first-order chi connectivity index (χ1) is 10.4. The number of nitrogens with zero attached hydrogens (tertiary/aromatic N) is 2. The maximum absolute atomic E-state index is 9.31. The fourth-order valence-corrected chi connectivity index (χ4v) is 2.80. The SMILES string of the molecule is N#C/C(=C\N[C@H]1CCCc2ccccc21)c1ccccn1. The molecule has 0 fully saturated rings. The Bertz CT molecular complexity index is 683. The first-order valence-corrected chi connectivity index (χ1v) is 7.24. The van der Waals surface area contributed by atoms with Gasteiger partial charge in [0, 0.05) is 12.4 Å². The zero-order valence-corrected chi connectivity index (χ0v) is 11.8. The molecule has 0 bridgehead atoms. The van der Waals surface area contributed by atoms with Crippen molar-refractivity contribution in [2.45, 2.75) is 25.3 Å². The molecule has 0 saturated carbocycles. The summed E-state index contributed by atoms with van der Waals surface area (Å²) in [5, 5.41) is 12.7. The van der Waals surface area contributed by atoms with Crippen molar-refractivity contribution in [3.63, 3.8) is 0 Å². The van der Waals surface area contributed by atoms with Crippen molar-refractivity contribution in [2.24, 2.45) is 0 Å². The third-order valence-electron chi connectivity index (χ3n) is 3.86. The molecule has 104 valence electrons. The maximum atomic E-state index is 9.31. The van der Waals surface area contributed by atoms with Crippen LogP contribution in [0.4, 0.5) is 0 Å². The smallest absolute Gasteiger partial charge is 0.103 e. The van der Waals surface area contributed by atoms with E-state index in [1.54, 1.807) is 12.4 Å². The monoisotopic (exact) mass is 275 g/mol. The van der Waals surface area contributed by atoms with Crippen LogP contribution in [0.1, 0.15) is 35.7 Å². The fraction of sp³-hybridized carbons (Fsp3) is 0.222. The lowest BCUT2D eigenvalue weighted by atomic mass is 9.88. The van der Waals surface area contributed by atoms with Crippen LogP contribution in [0, 0.1) is 11.3 Å². The minimum atomic E-state index is 0.280. The van der Waals surface area contributed by atoms with E-state index in [4.69, 9.17) is 0 Å². The van der Waals surface area contributed by atoms with Crippen molar-refractivity contribution in [3.8, 4) is 6.07 Å². The van der Waals surface area contributed by atoms with Crippen molar-refractivity contribution in [3.05, 3.63) is 71.7 Å². The highest BCUT2D eigenvalue weighted by Crippen LogP contribution is 2.29. The minimum Gasteiger partial charge on any atom is -0.383 e. The number of benzene rings is 1. The van der Waals surface area contributed by atoms with Gasteiger partial charge in [0.05, 0.1) is 17.3 Å². The first kappa shape index (κ1) is 13.4. The molecule has 1 aliphatic carbocycles. The van der Waals surface area contributed by atoms with E-state index in [0.717, 1.165) is 12.8 Å². The lowest BCUT2D eigenvalue weighted by Crippen LogP contribution is -2.21. The highest BCUT2D eigenvalue weighted by molar-refractivity contribution is 5.74. The van der Waals surface area contributed by atoms with Gasteiger partial charge in [0.15, 0.2) is 0 Å². The van der Waals surface area contributed by atoms with Gasteiger partial charge in [-0.15, -0.1) is 0 Å². The quantitative estimate of drug-likeness (QED) is 0.870. The molecule has 1 atom stereocenters. The summed E-state index contributed by atoms with van der Waals surface area (Å²) in [5.74, 6) is 0. The number of aryl methyl sites for hydroxylation is 1. The summed E-state index contributed by atoms with van der Waals surface area (Å²) in [6.45, 7) is 0. The Morgan fingerprint density at radius 2 is 2.10 bits per heavy atom. The van der Waals surface area contributed by atoms with Crippen LogP contribution in [0.3, 0.4) is 0 Å². The van der Waals surface area contributed by atoms with E-state index in [0.29, 0.717) is 11.3 Å². The predicted molar refractivity (Wildman–Crippen MR) is 83.1 cm³/mol. The third-order valence-corrected chi connectivity index (χ3v) is 3.86. The van der Waals surface area contributed by atoms with Gasteiger partial charge in [0.2, 0.25) is 0 Å². The molecule has 1 heterocycles. The summed E-state index contributed by atoms with van der Waals surface area (Å²) in [6.07, 6.45) is 6.91. The lowest BCUT2D eigenvalue weighted by Gasteiger charge is -2.25. The summed E-state index contributed by atoms with van der Waals surface area (Å²) in [4.78, 5) is 4.23. The molecule has 0 amide bonds. The number of nitriles is 1. The largest absolute Gasteiger partial charge is 0.383 e. The maximum Gasteiger partial charge on any atom is 0.103 e. The van der Waals surface area contributed by atoms with Crippen molar-refractivity contribution >= 4 is 5.57 Å². The Morgan fingerprint density at radius 1 is 1.24 bits per heavy atom. The molecule has 0 radical (unpaired) electrons. The number of allylic oxidation sites excluding steroid dienone is 1. The van der Waals surface area contributed by atoms with Gasteiger partial charge in [-0.25, -0.2) is 0 Å². The Balaban J connectivity index is 1.82. The van der Waals surface area contributed by atoms with Gasteiger partial charge in [0.1, 0.15) is 6.07 Å². The predicted octanol–water partition coefficient (Wildman–Crippen LogP) is 3.61. The van der Waals surface area contributed by atoms with E-state index < -0.39 is 0 Å². The van der Waals surface area contributed by atoms with E-state index in [1.807, 2.05) is 18.2 Å². The summed E-state index contributed by atoms with van der Waals surface area (Å²) < 4.78 is 0. The number of rotatable bonds is 3. The summed E-state index contributed by atoms with van der Waals surface area (Å²) in [7, 11) is 0. The van der Waals surface area contributed by atoms with Crippen LogP contribution in [0.25, 0.3) is 5.57 Å². The van der Waals surface area contributed by atoms with E-state index in [1.165, 1.54) is 17.5 Å². The zero-order valence-electron chi connectivity index (χ0n) is 11.8. The number of hydrogen-bond acceptors (Lipinski definition) is 3. The van der Waals surface area contributed by atoms with E-state index in [-0.39, 0.29) is 6.04 Å². The van der Waals surface area contributed by atoms with Gasteiger partial charge < -0.3 is 5.32 Å². The summed E-state index contributed by atoms with van der Waals surface area (Å²) in [6, 6.07) is 16.6. The van der Waals surface area contributed by atoms with Gasteiger partial charge >= 0.3 is 0 Å². The second kappa shape index (κ2) is 6.23. The number of pyridine rings is 1. The first-order valence-electron chi connectivity index (χ1n) is 7.24. The lowest BCUT2D eigenvalue weighted by molar-refractivity contribution is 0.513.